The molecule has 0 aliphatic carbocycles. The summed E-state index contributed by atoms with van der Waals surface area (Å²) in [7, 11) is -15.1. The molecule has 20 nitrogen and oxygen atoms in total. The van der Waals surface area contributed by atoms with Crippen molar-refractivity contribution in [2.75, 3.05) is 5.32 Å². The van der Waals surface area contributed by atoms with Gasteiger partial charge in [-0.1, -0.05) is 30.3 Å². The van der Waals surface area contributed by atoms with Gasteiger partial charge in [-0.2, -0.15) is 25.3 Å². The summed E-state index contributed by atoms with van der Waals surface area (Å²) in [5, 5.41) is 70.9. The predicted molar refractivity (Wildman–Crippen MR) is 220 cm³/mol. The van der Waals surface area contributed by atoms with Gasteiger partial charge in [-0.05, 0) is 94.7 Å². The molecule has 9 N–H and O–H groups in total. The number of carbonyl (C=O) groups is 1. The van der Waals surface area contributed by atoms with Crippen molar-refractivity contribution in [3.05, 3.63) is 115 Å². The molecule has 0 aromatic heterocycles. The first-order chi connectivity index (χ1) is 29.1. The van der Waals surface area contributed by atoms with E-state index in [1.54, 1.807) is 30.3 Å². The van der Waals surface area contributed by atoms with Crippen LogP contribution in [0.3, 0.4) is 0 Å². The molecule has 338 valence electrons. The van der Waals surface area contributed by atoms with Gasteiger partial charge in [-0.25, -0.2) is 0 Å². The first-order valence-electron chi connectivity index (χ1n) is 17.2. The van der Waals surface area contributed by atoms with Crippen LogP contribution < -0.4 is 94.0 Å². The van der Waals surface area contributed by atoms with E-state index in [1.807, 2.05) is 0 Å². The number of anilines is 1. The van der Waals surface area contributed by atoms with E-state index < -0.39 is 102 Å². The molecule has 0 heterocycles. The van der Waals surface area contributed by atoms with Gasteiger partial charge >= 0.3 is 88.7 Å². The van der Waals surface area contributed by atoms with Gasteiger partial charge in [0.15, 0.2) is 11.5 Å². The third-order valence-electron chi connectivity index (χ3n) is 9.10. The maximum absolute atomic E-state index is 12.6. The number of nitrogens with zero attached hydrogens (tertiary/aromatic N) is 4. The molecule has 0 saturated heterocycles. The Hall–Kier alpha value is -3.50. The maximum atomic E-state index is 12.6. The largest absolute Gasteiger partial charge is 1.00 e. The Balaban J connectivity index is 0.00000308. The van der Waals surface area contributed by atoms with E-state index in [1.165, 1.54) is 48.5 Å². The molecular weight excluding hydrogens is 1070 g/mol. The van der Waals surface area contributed by atoms with E-state index in [0.29, 0.717) is 17.7 Å². The smallest absolute Gasteiger partial charge is 0.507 e. The zero-order chi connectivity index (χ0) is 44.9. The third-order valence-corrected chi connectivity index (χ3v) is 11.7. The van der Waals surface area contributed by atoms with Crippen LogP contribution in [0.25, 0.3) is 32.7 Å². The second-order valence-electron chi connectivity index (χ2n) is 13.2. The minimum absolute atomic E-state index is 0. The molecule has 0 spiro atoms. The molecule has 0 unspecified atom stereocenters. The van der Waals surface area contributed by atoms with Gasteiger partial charge in [0.2, 0.25) is 0 Å². The Morgan fingerprint density at radius 2 is 0.985 bits per heavy atom. The van der Waals surface area contributed by atoms with Crippen LogP contribution in [-0.2, 0) is 64.5 Å². The van der Waals surface area contributed by atoms with Crippen molar-refractivity contribution in [2.24, 2.45) is 20.5 Å². The van der Waals surface area contributed by atoms with Gasteiger partial charge in [0.1, 0.15) is 49.8 Å². The van der Waals surface area contributed by atoms with Crippen molar-refractivity contribution in [3.63, 3.8) is 0 Å². The van der Waals surface area contributed by atoms with Crippen molar-refractivity contribution >= 4 is 86.2 Å². The molecule has 67 heavy (non-hydrogen) atoms. The molecule has 0 aliphatic rings. The fraction of sp³-hybridized carbons (Fsp3) is 0. The number of carbonyl (C=O) groups excluding carboxylic acids is 1. The fourth-order valence-corrected chi connectivity index (χ4v) is 8.03. The Morgan fingerprint density at radius 3 is 1.46 bits per heavy atom. The number of phenols is 5. The van der Waals surface area contributed by atoms with Crippen LogP contribution in [0.5, 0.6) is 28.7 Å². The Kier molecular flexibility index (Phi) is 20.8. The van der Waals surface area contributed by atoms with Crippen LogP contribution in [0, 0.1) is 0 Å². The molecule has 7 rings (SSSR count). The zero-order valence-electron chi connectivity index (χ0n) is 34.4. The molecule has 0 atom stereocenters. The van der Waals surface area contributed by atoms with E-state index in [2.05, 4.69) is 25.8 Å². The number of phenolic OH excluding ortho intramolecular Hbond substituents is 5. The molecule has 7 aromatic carbocycles. The summed E-state index contributed by atoms with van der Waals surface area (Å²) in [6.45, 7) is 0. The zero-order valence-corrected chi connectivity index (χ0v) is 44.8. The number of hydrogen-bond acceptors (Lipinski definition) is 16. The summed E-state index contributed by atoms with van der Waals surface area (Å²) >= 11 is 0. The van der Waals surface area contributed by atoms with Gasteiger partial charge in [0.05, 0.1) is 10.3 Å². The molecular formula is C39H27Cu2N5Na3O15S3+3. The number of azo groups is 2. The van der Waals surface area contributed by atoms with E-state index in [9.17, 15) is 69.2 Å². The Bertz CT molecular complexity index is 3470. The maximum Gasteiger partial charge on any atom is 1.00 e. The second kappa shape index (κ2) is 23.4. The van der Waals surface area contributed by atoms with Crippen molar-refractivity contribution in [3.8, 4) is 39.9 Å². The summed E-state index contributed by atoms with van der Waals surface area (Å²) in [5.41, 5.74) is -0.987. The van der Waals surface area contributed by atoms with Gasteiger partial charge in [-0.15, -0.1) is 20.5 Å². The predicted octanol–water partition coefficient (Wildman–Crippen LogP) is -0.982. The van der Waals surface area contributed by atoms with Crippen molar-refractivity contribution in [1.82, 2.24) is 0 Å². The van der Waals surface area contributed by atoms with E-state index >= 15 is 0 Å². The average Bonchev–Trinajstić information content (AvgIpc) is 3.19. The summed E-state index contributed by atoms with van der Waals surface area (Å²) in [5.74, 6) is -4.21. The summed E-state index contributed by atoms with van der Waals surface area (Å²) in [4.78, 5) is 9.88. The summed E-state index contributed by atoms with van der Waals surface area (Å²) in [6, 6.07) is 23.0. The molecule has 7 aromatic rings. The molecule has 2 radical (unpaired) electrons. The topological polar surface area (TPSA) is 343 Å². The monoisotopic (exact) mass is 1100 g/mol. The van der Waals surface area contributed by atoms with Crippen molar-refractivity contribution in [1.29, 1.82) is 0 Å². The third kappa shape index (κ3) is 13.2. The molecule has 28 heteroatoms. The number of benzene rings is 7. The van der Waals surface area contributed by atoms with Gasteiger partial charge < -0.3 is 30.8 Å². The quantitative estimate of drug-likeness (QED) is 0.0452. The minimum atomic E-state index is -5.20. The first kappa shape index (κ1) is 59.6. The second-order valence-corrected chi connectivity index (χ2v) is 17.4. The average molecular weight is 1100 g/mol. The molecule has 0 bridgehead atoms. The first-order valence-corrected chi connectivity index (χ1v) is 21.5. The molecule has 0 aliphatic heterocycles. The Labute approximate surface area is 467 Å². The van der Waals surface area contributed by atoms with Crippen LogP contribution >= 0.6 is 0 Å². The van der Waals surface area contributed by atoms with Crippen LogP contribution in [0.15, 0.2) is 144 Å². The number of hydrogen-bond donors (Lipinski definition) is 9. The number of rotatable bonds is 10. The molecule has 1 amide bonds. The molecule has 0 saturated carbocycles. The standard InChI is InChI=1S/C39H27N5O15S3.2Cu.3Na/c45-29-14-20(21-7-11-28(30(46)15-21)42-44-36-33(62(57,58)59)17-23-13-25(60(51,52)53)18-31(47)34(23)38(36)49)6-10-27(29)41-43-35-32(61(54,55)56)16-22-12-24(8-9-26(22)37(35)48)40-39(50)19-4-2-1-3-5-19;;;;;/h1-18,45-49H,(H,40,50)(H,51,52,53)(H,54,55,56)(H,57,58,59);;;;;/q;;;3*+1. The van der Waals surface area contributed by atoms with E-state index in [0.717, 1.165) is 18.2 Å². The van der Waals surface area contributed by atoms with Crippen molar-refractivity contribution in [2.45, 2.75) is 14.7 Å². The number of amides is 1. The normalized spacial score (nSPS) is 11.5. The number of nitrogens with one attached hydrogen (secondary N) is 1. The van der Waals surface area contributed by atoms with Crippen LogP contribution in [0.1, 0.15) is 10.4 Å². The van der Waals surface area contributed by atoms with Crippen molar-refractivity contribution < 1.29 is 192 Å². The SMILES string of the molecule is O=C(Nc1ccc2c(O)c(N=Nc3ccc(-c4ccc(N=Nc5c(S(=O)(=O)O)cc6cc(S(=O)(=O)O)cc(O)c6c5O)c(O)c4)cc3O)c(S(=O)(=O)O)cc2c1)c1ccccc1.[Cu].[Cu].[Na+].[Na+].[Na+]. The van der Waals surface area contributed by atoms with E-state index in [4.69, 9.17) is 0 Å². The van der Waals surface area contributed by atoms with Crippen LogP contribution in [-0.4, -0.2) is 70.4 Å². The van der Waals surface area contributed by atoms with Crippen LogP contribution in [0.2, 0.25) is 0 Å². The molecule has 0 fully saturated rings. The number of fused-ring (bicyclic) bond motifs is 2. The van der Waals surface area contributed by atoms with Gasteiger partial charge in [0.25, 0.3) is 36.3 Å². The van der Waals surface area contributed by atoms with E-state index in [-0.39, 0.29) is 162 Å². The minimum Gasteiger partial charge on any atom is -0.507 e. The fourth-order valence-electron chi connectivity index (χ4n) is 6.18. The Morgan fingerprint density at radius 1 is 0.493 bits per heavy atom. The van der Waals surface area contributed by atoms with Gasteiger partial charge in [0, 0.05) is 56.8 Å². The summed E-state index contributed by atoms with van der Waals surface area (Å²) < 4.78 is 102. The van der Waals surface area contributed by atoms with Gasteiger partial charge in [-0.3, -0.25) is 18.5 Å². The number of aromatic hydroxyl groups is 5. The summed E-state index contributed by atoms with van der Waals surface area (Å²) in [6.07, 6.45) is 0. The van der Waals surface area contributed by atoms with Crippen LogP contribution in [0.4, 0.5) is 28.4 Å².